The van der Waals surface area contributed by atoms with Gasteiger partial charge in [0.05, 0.1) is 66.4 Å². The van der Waals surface area contributed by atoms with Crippen LogP contribution in [0.2, 0.25) is 0 Å². The summed E-state index contributed by atoms with van der Waals surface area (Å²) in [7, 11) is 0. The quantitative estimate of drug-likeness (QED) is 0.0468. The van der Waals surface area contributed by atoms with E-state index in [0.29, 0.717) is 67.4 Å². The maximum absolute atomic E-state index is 11.7. The highest BCUT2D eigenvalue weighted by molar-refractivity contribution is 5.94. The first-order chi connectivity index (χ1) is 22.3. The molecule has 236 valence electrons. The molecule has 9 N–H and O–H groups in total. The number of ether oxygens (including phenoxy) is 2. The van der Waals surface area contributed by atoms with Crippen LogP contribution in [0.1, 0.15) is 20.7 Å². The monoisotopic (exact) mass is 621 g/mol. The largest absolute Gasteiger partial charge is 0.377 e. The number of aromatic nitrogens is 2. The Morgan fingerprint density at radius 1 is 0.826 bits per heavy atom. The highest BCUT2D eigenvalue weighted by atomic mass is 16.5. The van der Waals surface area contributed by atoms with Gasteiger partial charge in [-0.2, -0.15) is 0 Å². The van der Waals surface area contributed by atoms with E-state index in [1.807, 2.05) is 48.5 Å². The number of nitrogens with one attached hydrogen (secondary N) is 3. The number of rotatable bonds is 14. The summed E-state index contributed by atoms with van der Waals surface area (Å²) in [6.45, 7) is 2.39. The maximum Gasteiger partial charge on any atom is 0.248 e. The molecule has 0 radical (unpaired) electrons. The summed E-state index contributed by atoms with van der Waals surface area (Å²) in [5.74, 6) is -1.10. The number of carbonyl (C=O) groups excluding carboxylic acids is 2. The number of nitrogens with two attached hydrogens (primary N) is 3. The molecule has 0 spiro atoms. The normalized spacial score (nSPS) is 11.5. The van der Waals surface area contributed by atoms with Gasteiger partial charge in [-0.05, 0) is 72.8 Å². The zero-order valence-electron chi connectivity index (χ0n) is 25.0. The summed E-state index contributed by atoms with van der Waals surface area (Å²) in [4.78, 5) is 33.1. The van der Waals surface area contributed by atoms with E-state index in [-0.39, 0.29) is 5.96 Å². The molecule has 0 unspecified atom stereocenters. The average Bonchev–Trinajstić information content (AvgIpc) is 3.05. The van der Waals surface area contributed by atoms with E-state index in [9.17, 15) is 9.59 Å². The van der Waals surface area contributed by atoms with Crippen LogP contribution in [0.15, 0.2) is 89.9 Å². The zero-order chi connectivity index (χ0) is 32.5. The molecule has 0 saturated carbocycles. The van der Waals surface area contributed by atoms with E-state index >= 15 is 0 Å². The van der Waals surface area contributed by atoms with E-state index in [2.05, 4.69) is 15.2 Å². The van der Waals surface area contributed by atoms with Crippen LogP contribution in [0.3, 0.4) is 0 Å². The number of para-hydroxylation sites is 2. The van der Waals surface area contributed by atoms with Crippen molar-refractivity contribution in [1.82, 2.24) is 14.9 Å². The summed E-state index contributed by atoms with van der Waals surface area (Å²) in [6, 6.07) is 25.7. The molecule has 1 aliphatic heterocycles. The fourth-order valence-electron chi connectivity index (χ4n) is 4.81. The molecule has 2 amide bonds. The Bertz CT molecular complexity index is 1890. The SMILES string of the molecule is N=C(N)NCCOCCOCC/N=c1\cc2n(-c3ccc(C(N)=O)cc3)c3ccccc3nc-2cc1Nc1ccc(C(N)=O)cc1. The molecule has 3 aromatic carbocycles. The Kier molecular flexibility index (Phi) is 10.2. The lowest BCUT2D eigenvalue weighted by molar-refractivity contribution is 0.0528. The second-order valence-electron chi connectivity index (χ2n) is 10.2. The van der Waals surface area contributed by atoms with E-state index in [0.717, 1.165) is 28.1 Å². The van der Waals surface area contributed by atoms with Gasteiger partial charge in [-0.3, -0.25) is 20.0 Å². The molecule has 0 fully saturated rings. The van der Waals surface area contributed by atoms with Crippen molar-refractivity contribution in [2.75, 3.05) is 44.8 Å². The van der Waals surface area contributed by atoms with Gasteiger partial charge in [0.15, 0.2) is 5.96 Å². The van der Waals surface area contributed by atoms with Crippen molar-refractivity contribution in [2.45, 2.75) is 0 Å². The van der Waals surface area contributed by atoms with Gasteiger partial charge in [0.25, 0.3) is 0 Å². The standard InChI is InChI=1S/C33H35N9O4/c34-31(43)21-5-9-23(10-6-21)40-27-19-28-30(20-26(27)38-13-15-45-17-18-46-16-14-39-33(36)37)42(29-4-2-1-3-25(29)41-28)24-11-7-22(8-12-24)32(35)44/h1-12,19-20,40H,13-18H2,(H2,34,43)(H2,35,44)(H4,36,37,39)/b38-26+. The highest BCUT2D eigenvalue weighted by Crippen LogP contribution is 2.30. The molecule has 3 aromatic rings. The first-order valence-electron chi connectivity index (χ1n) is 14.6. The molecule has 46 heavy (non-hydrogen) atoms. The lowest BCUT2D eigenvalue weighted by Gasteiger charge is -2.20. The smallest absolute Gasteiger partial charge is 0.248 e. The number of fused-ring (bicyclic) bond motifs is 2. The number of amides is 2. The second-order valence-corrected chi connectivity index (χ2v) is 10.2. The number of benzene rings is 4. The molecule has 5 rings (SSSR count). The second kappa shape index (κ2) is 14.8. The van der Waals surface area contributed by atoms with Gasteiger partial charge in [-0.1, -0.05) is 12.1 Å². The molecule has 13 heteroatoms. The topological polar surface area (TPSA) is 209 Å². The van der Waals surface area contributed by atoms with Crippen LogP contribution in [0.5, 0.6) is 0 Å². The van der Waals surface area contributed by atoms with Crippen LogP contribution in [-0.4, -0.2) is 66.8 Å². The third-order valence-electron chi connectivity index (χ3n) is 7.01. The molecule has 2 aliphatic rings. The number of nitrogens with zero attached hydrogens (tertiary/aromatic N) is 3. The average molecular weight is 622 g/mol. The predicted octanol–water partition coefficient (Wildman–Crippen LogP) is 2.49. The van der Waals surface area contributed by atoms with Crippen molar-refractivity contribution < 1.29 is 19.1 Å². The zero-order valence-corrected chi connectivity index (χ0v) is 25.0. The first kappa shape index (κ1) is 31.6. The van der Waals surface area contributed by atoms with E-state index < -0.39 is 11.8 Å². The van der Waals surface area contributed by atoms with Crippen LogP contribution in [0.25, 0.3) is 28.1 Å². The van der Waals surface area contributed by atoms with E-state index in [1.54, 1.807) is 36.4 Å². The first-order valence-corrected chi connectivity index (χ1v) is 14.6. The van der Waals surface area contributed by atoms with Crippen molar-refractivity contribution in [1.29, 1.82) is 5.41 Å². The van der Waals surface area contributed by atoms with Gasteiger partial charge >= 0.3 is 0 Å². The number of hydrogen-bond donors (Lipinski definition) is 6. The van der Waals surface area contributed by atoms with Gasteiger partial charge in [0.2, 0.25) is 11.8 Å². The third-order valence-corrected chi connectivity index (χ3v) is 7.01. The van der Waals surface area contributed by atoms with Crippen LogP contribution in [0, 0.1) is 5.41 Å². The van der Waals surface area contributed by atoms with Gasteiger partial charge in [0.1, 0.15) is 0 Å². The minimum absolute atomic E-state index is 0.0952. The van der Waals surface area contributed by atoms with E-state index in [1.165, 1.54) is 0 Å². The Morgan fingerprint density at radius 3 is 2.15 bits per heavy atom. The van der Waals surface area contributed by atoms with Crippen LogP contribution >= 0.6 is 0 Å². The summed E-state index contributed by atoms with van der Waals surface area (Å²) >= 11 is 0. The molecule has 1 heterocycles. The van der Waals surface area contributed by atoms with Gasteiger partial charge < -0.3 is 41.9 Å². The van der Waals surface area contributed by atoms with Gasteiger partial charge in [0, 0.05) is 29.0 Å². The number of hydrogen-bond acceptors (Lipinski definition) is 8. The number of anilines is 2. The van der Waals surface area contributed by atoms with Crippen molar-refractivity contribution in [3.8, 4) is 17.1 Å². The Balaban J connectivity index is 1.49. The number of carbonyl (C=O) groups is 2. The number of guanidine groups is 1. The molecule has 1 aliphatic carbocycles. The molecule has 13 nitrogen and oxygen atoms in total. The minimum Gasteiger partial charge on any atom is -0.377 e. The van der Waals surface area contributed by atoms with Crippen molar-refractivity contribution in [2.24, 2.45) is 22.2 Å². The maximum atomic E-state index is 11.7. The van der Waals surface area contributed by atoms with Crippen molar-refractivity contribution in [3.05, 3.63) is 101 Å². The van der Waals surface area contributed by atoms with Gasteiger partial charge in [-0.25, -0.2) is 4.98 Å². The van der Waals surface area contributed by atoms with E-state index in [4.69, 9.17) is 42.1 Å². The molecular formula is C33H35N9O4. The molecule has 0 atom stereocenters. The minimum atomic E-state index is -0.504. The van der Waals surface area contributed by atoms with Gasteiger partial charge in [-0.15, -0.1) is 0 Å². The molecule has 0 bridgehead atoms. The van der Waals surface area contributed by atoms with Crippen molar-refractivity contribution >= 4 is 40.2 Å². The molecular weight excluding hydrogens is 586 g/mol. The molecule has 0 saturated heterocycles. The highest BCUT2D eigenvalue weighted by Gasteiger charge is 2.17. The molecule has 0 aromatic heterocycles. The Labute approximate surface area is 264 Å². The summed E-state index contributed by atoms with van der Waals surface area (Å²) in [5.41, 5.74) is 22.4. The van der Waals surface area contributed by atoms with Crippen LogP contribution in [-0.2, 0) is 9.47 Å². The Hall–Kier alpha value is -5.79. The summed E-state index contributed by atoms with van der Waals surface area (Å²) in [6.07, 6.45) is 0. The summed E-state index contributed by atoms with van der Waals surface area (Å²) in [5, 5.41) is 13.9. The van der Waals surface area contributed by atoms with Crippen LogP contribution < -0.4 is 33.2 Å². The summed E-state index contributed by atoms with van der Waals surface area (Å²) < 4.78 is 13.3. The lowest BCUT2D eigenvalue weighted by Crippen LogP contribution is -2.33. The fraction of sp³-hybridized carbons (Fsp3) is 0.182. The fourth-order valence-corrected chi connectivity index (χ4v) is 4.81. The van der Waals surface area contributed by atoms with Crippen LogP contribution in [0.4, 0.5) is 11.4 Å². The predicted molar refractivity (Wildman–Crippen MR) is 176 cm³/mol. The number of primary amides is 2. The van der Waals surface area contributed by atoms with Crippen molar-refractivity contribution in [3.63, 3.8) is 0 Å². The Morgan fingerprint density at radius 2 is 1.48 bits per heavy atom. The lowest BCUT2D eigenvalue weighted by atomic mass is 10.1. The third kappa shape index (κ3) is 7.83.